The van der Waals surface area contributed by atoms with Crippen LogP contribution in [0.5, 0.6) is 0 Å². The van der Waals surface area contributed by atoms with E-state index >= 15 is 0 Å². The SMILES string of the molecule is CC1(C(=O)Nc2nonc2/C(=N\O)Nc2ccc(F)c(Br)c2)CCNCC1.O=C(O)C(F)(F)F. The van der Waals surface area contributed by atoms with Crippen molar-refractivity contribution in [2.24, 2.45) is 10.6 Å². The number of benzene rings is 1. The molecule has 186 valence electrons. The molecular weight excluding hydrogens is 536 g/mol. The van der Waals surface area contributed by atoms with Crippen molar-refractivity contribution in [1.82, 2.24) is 15.6 Å². The minimum atomic E-state index is -5.08. The number of oxime groups is 1. The van der Waals surface area contributed by atoms with Gasteiger partial charge in [-0.25, -0.2) is 13.8 Å². The molecule has 0 saturated carbocycles. The van der Waals surface area contributed by atoms with E-state index in [1.807, 2.05) is 6.92 Å². The van der Waals surface area contributed by atoms with E-state index in [9.17, 15) is 27.6 Å². The molecule has 0 unspecified atom stereocenters. The fourth-order valence-electron chi connectivity index (χ4n) is 2.73. The molecule has 2 heterocycles. The fourth-order valence-corrected chi connectivity index (χ4v) is 3.11. The van der Waals surface area contributed by atoms with Crippen molar-refractivity contribution in [2.75, 3.05) is 23.7 Å². The number of nitrogens with zero attached hydrogens (tertiary/aromatic N) is 3. The molecule has 1 aliphatic heterocycles. The smallest absolute Gasteiger partial charge is 0.475 e. The van der Waals surface area contributed by atoms with Gasteiger partial charge in [0, 0.05) is 11.1 Å². The highest BCUT2D eigenvalue weighted by atomic mass is 79.9. The molecular formula is C18H19BrF4N6O5. The third-order valence-corrected chi connectivity index (χ3v) is 5.33. The van der Waals surface area contributed by atoms with Crippen LogP contribution in [0.1, 0.15) is 25.5 Å². The summed E-state index contributed by atoms with van der Waals surface area (Å²) < 4.78 is 50.0. The van der Waals surface area contributed by atoms with Crippen LogP contribution in [0, 0.1) is 11.2 Å². The number of carbonyl (C=O) groups excluding carboxylic acids is 1. The van der Waals surface area contributed by atoms with E-state index in [4.69, 9.17) is 14.5 Å². The normalized spacial score (nSPS) is 15.6. The van der Waals surface area contributed by atoms with Crippen molar-refractivity contribution in [2.45, 2.75) is 25.9 Å². The Morgan fingerprint density at radius 2 is 1.85 bits per heavy atom. The van der Waals surface area contributed by atoms with Gasteiger partial charge in [0.1, 0.15) is 5.82 Å². The molecule has 0 atom stereocenters. The molecule has 1 aromatic heterocycles. The molecule has 1 saturated heterocycles. The molecule has 0 aliphatic carbocycles. The predicted octanol–water partition coefficient (Wildman–Crippen LogP) is 3.18. The summed E-state index contributed by atoms with van der Waals surface area (Å²) in [4.78, 5) is 21.6. The quantitative estimate of drug-likeness (QED) is 0.125. The topological polar surface area (TPSA) is 162 Å². The Labute approximate surface area is 197 Å². The number of rotatable bonds is 4. The van der Waals surface area contributed by atoms with Crippen LogP contribution in [0.25, 0.3) is 0 Å². The summed E-state index contributed by atoms with van der Waals surface area (Å²) in [5.41, 5.74) is -0.0988. The van der Waals surface area contributed by atoms with Gasteiger partial charge in [-0.05, 0) is 70.4 Å². The first-order chi connectivity index (χ1) is 15.9. The molecule has 5 N–H and O–H groups in total. The van der Waals surface area contributed by atoms with Crippen molar-refractivity contribution in [1.29, 1.82) is 0 Å². The molecule has 34 heavy (non-hydrogen) atoms. The van der Waals surface area contributed by atoms with Gasteiger partial charge in [-0.1, -0.05) is 12.1 Å². The van der Waals surface area contributed by atoms with E-state index in [2.05, 4.69) is 47.3 Å². The molecule has 1 amide bonds. The third-order valence-electron chi connectivity index (χ3n) is 4.72. The van der Waals surface area contributed by atoms with E-state index in [-0.39, 0.29) is 27.7 Å². The summed E-state index contributed by atoms with van der Waals surface area (Å²) >= 11 is 3.08. The number of amidine groups is 1. The Kier molecular flexibility index (Phi) is 8.92. The van der Waals surface area contributed by atoms with E-state index in [0.717, 1.165) is 13.1 Å². The van der Waals surface area contributed by atoms with Gasteiger partial charge in [0.05, 0.1) is 4.47 Å². The van der Waals surface area contributed by atoms with Crippen molar-refractivity contribution in [3.63, 3.8) is 0 Å². The number of aromatic nitrogens is 2. The Balaban J connectivity index is 0.000000509. The summed E-state index contributed by atoms with van der Waals surface area (Å²) in [6.45, 7) is 3.38. The van der Waals surface area contributed by atoms with Gasteiger partial charge < -0.3 is 26.3 Å². The fraction of sp³-hybridized carbons (Fsp3) is 0.389. The van der Waals surface area contributed by atoms with Crippen LogP contribution in [0.2, 0.25) is 0 Å². The van der Waals surface area contributed by atoms with Crippen LogP contribution in [-0.2, 0) is 9.59 Å². The second kappa shape index (κ2) is 11.2. The molecule has 2 aromatic rings. The zero-order valence-electron chi connectivity index (χ0n) is 17.4. The van der Waals surface area contributed by atoms with Crippen LogP contribution in [0.15, 0.2) is 32.5 Å². The van der Waals surface area contributed by atoms with E-state index < -0.39 is 23.4 Å². The monoisotopic (exact) mass is 554 g/mol. The predicted molar refractivity (Wildman–Crippen MR) is 113 cm³/mol. The highest BCUT2D eigenvalue weighted by Gasteiger charge is 2.38. The zero-order chi connectivity index (χ0) is 25.5. The summed E-state index contributed by atoms with van der Waals surface area (Å²) in [6, 6.07) is 4.15. The number of carbonyl (C=O) groups is 2. The Morgan fingerprint density at radius 3 is 2.38 bits per heavy atom. The maximum atomic E-state index is 13.4. The van der Waals surface area contributed by atoms with Crippen molar-refractivity contribution >= 4 is 45.1 Å². The lowest BCUT2D eigenvalue weighted by molar-refractivity contribution is -0.192. The first kappa shape index (κ1) is 27.0. The van der Waals surface area contributed by atoms with Crippen molar-refractivity contribution in [3.05, 3.63) is 34.2 Å². The molecule has 3 rings (SSSR count). The number of carboxylic acid groups (broad SMARTS) is 1. The molecule has 0 bridgehead atoms. The average molecular weight is 555 g/mol. The number of hydrogen-bond acceptors (Lipinski definition) is 8. The molecule has 11 nitrogen and oxygen atoms in total. The lowest BCUT2D eigenvalue weighted by Crippen LogP contribution is -2.43. The number of hydrogen-bond donors (Lipinski definition) is 5. The first-order valence-corrected chi connectivity index (χ1v) is 10.3. The number of amides is 1. The van der Waals surface area contributed by atoms with Gasteiger partial charge in [-0.3, -0.25) is 4.79 Å². The number of nitrogens with one attached hydrogen (secondary N) is 3. The maximum absolute atomic E-state index is 13.4. The zero-order valence-corrected chi connectivity index (χ0v) is 19.0. The van der Waals surface area contributed by atoms with E-state index in [1.54, 1.807) is 0 Å². The second-order valence-electron chi connectivity index (χ2n) is 7.23. The van der Waals surface area contributed by atoms with Crippen LogP contribution in [0.3, 0.4) is 0 Å². The minimum absolute atomic E-state index is 0.0174. The molecule has 0 spiro atoms. The largest absolute Gasteiger partial charge is 0.490 e. The number of aliphatic carboxylic acids is 1. The highest BCUT2D eigenvalue weighted by Crippen LogP contribution is 2.30. The standard InChI is InChI=1S/C16H18BrFN6O3.C2HF3O2/c1-16(4-6-19-7-5-16)15(25)21-14-12(23-27-24-14)13(22-26)20-9-2-3-11(18)10(17)8-9;3-2(4,5)1(6)7/h2-3,8,19,26H,4-7H2,1H3,(H,20,22)(H,21,24,25);(H,6,7). The Bertz CT molecular complexity index is 1060. The van der Waals surface area contributed by atoms with Crippen LogP contribution < -0.4 is 16.0 Å². The summed E-state index contributed by atoms with van der Waals surface area (Å²) in [6.07, 6.45) is -3.72. The van der Waals surface area contributed by atoms with Crippen LogP contribution >= 0.6 is 15.9 Å². The van der Waals surface area contributed by atoms with Crippen LogP contribution in [-0.4, -0.2) is 57.6 Å². The van der Waals surface area contributed by atoms with Crippen molar-refractivity contribution < 1.29 is 42.1 Å². The van der Waals surface area contributed by atoms with Crippen LogP contribution in [0.4, 0.5) is 29.1 Å². The number of halogens is 5. The lowest BCUT2D eigenvalue weighted by atomic mass is 9.80. The van der Waals surface area contributed by atoms with E-state index in [1.165, 1.54) is 18.2 Å². The van der Waals surface area contributed by atoms with Gasteiger partial charge in [0.2, 0.25) is 17.6 Å². The summed E-state index contributed by atoms with van der Waals surface area (Å²) in [5.74, 6) is -3.49. The van der Waals surface area contributed by atoms with Gasteiger partial charge in [0.25, 0.3) is 0 Å². The molecule has 1 fully saturated rings. The average Bonchev–Trinajstić information content (AvgIpc) is 3.22. The molecule has 1 aliphatic rings. The summed E-state index contributed by atoms with van der Waals surface area (Å²) in [5, 5.41) is 35.7. The first-order valence-electron chi connectivity index (χ1n) is 9.46. The Hall–Kier alpha value is -3.27. The Morgan fingerprint density at radius 1 is 1.24 bits per heavy atom. The third kappa shape index (κ3) is 7.11. The van der Waals surface area contributed by atoms with E-state index in [0.29, 0.717) is 18.5 Å². The van der Waals surface area contributed by atoms with Gasteiger partial charge in [0.15, 0.2) is 5.69 Å². The van der Waals surface area contributed by atoms with Gasteiger partial charge in [-0.2, -0.15) is 13.2 Å². The second-order valence-corrected chi connectivity index (χ2v) is 8.09. The van der Waals surface area contributed by atoms with Gasteiger partial charge >= 0.3 is 12.1 Å². The number of carboxylic acids is 1. The maximum Gasteiger partial charge on any atom is 0.490 e. The highest BCUT2D eigenvalue weighted by molar-refractivity contribution is 9.10. The number of alkyl halides is 3. The summed E-state index contributed by atoms with van der Waals surface area (Å²) in [7, 11) is 0. The number of piperidine rings is 1. The van der Waals surface area contributed by atoms with Gasteiger partial charge in [-0.15, -0.1) is 0 Å². The number of anilines is 2. The molecule has 16 heteroatoms. The minimum Gasteiger partial charge on any atom is -0.475 e. The molecule has 0 radical (unpaired) electrons. The van der Waals surface area contributed by atoms with Crippen molar-refractivity contribution in [3.8, 4) is 0 Å². The molecule has 1 aromatic carbocycles. The lowest BCUT2D eigenvalue weighted by Gasteiger charge is -2.32.